The Hall–Kier alpha value is -3.49. The molecule has 1 fully saturated rings. The smallest absolute Gasteiger partial charge is 0.301 e. The van der Waals surface area contributed by atoms with E-state index in [4.69, 9.17) is 9.72 Å². The Morgan fingerprint density at radius 2 is 2.00 bits per heavy atom. The number of aromatic nitrogens is 1. The minimum atomic E-state index is -0.750. The summed E-state index contributed by atoms with van der Waals surface area (Å²) in [5, 5.41) is 13.7. The summed E-state index contributed by atoms with van der Waals surface area (Å²) in [6.45, 7) is 6.00. The molecular weight excluding hydrogens is 480 g/mol. The molecule has 176 valence electrons. The van der Waals surface area contributed by atoms with Crippen molar-refractivity contribution in [1.82, 2.24) is 4.98 Å². The molecule has 4 aromatic rings. The van der Waals surface area contributed by atoms with Gasteiger partial charge >= 0.3 is 5.91 Å². The molecule has 0 spiro atoms. The topological polar surface area (TPSA) is 79.7 Å². The van der Waals surface area contributed by atoms with Crippen molar-refractivity contribution in [3.05, 3.63) is 80.5 Å². The summed E-state index contributed by atoms with van der Waals surface area (Å²) in [5.74, 6) is -0.793. The molecule has 4 heterocycles. The van der Waals surface area contributed by atoms with Crippen LogP contribution in [0.5, 0.6) is 5.75 Å². The SMILES string of the molecule is Cc1cc(C)c2nc(N3C(=O)C(=O)/C(=C(/O)c4ccc5c(c4)C[C@@H](C)O5)[C@H]3c3cccs3)sc2c1. The van der Waals surface area contributed by atoms with Gasteiger partial charge in [-0.3, -0.25) is 14.5 Å². The monoisotopic (exact) mass is 502 g/mol. The van der Waals surface area contributed by atoms with Crippen LogP contribution >= 0.6 is 22.7 Å². The van der Waals surface area contributed by atoms with Crippen molar-refractivity contribution in [2.24, 2.45) is 0 Å². The Morgan fingerprint density at radius 3 is 2.77 bits per heavy atom. The quantitative estimate of drug-likeness (QED) is 0.214. The molecule has 0 aliphatic carbocycles. The lowest BCUT2D eigenvalue weighted by Crippen LogP contribution is -2.28. The third-order valence-corrected chi connectivity index (χ3v) is 8.38. The number of Topliss-reactive ketones (excluding diaryl/α,β-unsaturated/α-hetero) is 1. The standard InChI is InChI=1S/C27H22N2O4S2/c1-13-9-14(2)22-20(10-13)35-27(28-22)29-23(19-5-4-8-34-19)21(25(31)26(29)32)24(30)16-6-7-18-17(12-16)11-15(3)33-18/h4-10,12,15,23,30H,11H2,1-3H3/b24-21+/t15-,23-/m1/s1. The van der Waals surface area contributed by atoms with Crippen molar-refractivity contribution in [1.29, 1.82) is 0 Å². The van der Waals surface area contributed by atoms with Crippen molar-refractivity contribution >= 4 is 55.5 Å². The molecule has 8 heteroatoms. The van der Waals surface area contributed by atoms with E-state index in [9.17, 15) is 14.7 Å². The lowest BCUT2D eigenvalue weighted by atomic mass is 9.98. The number of fused-ring (bicyclic) bond motifs is 2. The highest BCUT2D eigenvalue weighted by Gasteiger charge is 2.48. The molecule has 0 bridgehead atoms. The number of benzene rings is 2. The first-order valence-corrected chi connectivity index (χ1v) is 13.0. The fourth-order valence-electron chi connectivity index (χ4n) is 4.93. The molecule has 2 atom stereocenters. The van der Waals surface area contributed by atoms with Gasteiger partial charge in [-0.05, 0) is 73.2 Å². The van der Waals surface area contributed by atoms with E-state index in [1.807, 2.05) is 56.5 Å². The number of amides is 1. The number of thiazole rings is 1. The van der Waals surface area contributed by atoms with Crippen LogP contribution in [0.3, 0.4) is 0 Å². The number of ketones is 1. The molecule has 6 rings (SSSR count). The minimum absolute atomic E-state index is 0.0604. The highest BCUT2D eigenvalue weighted by molar-refractivity contribution is 7.22. The van der Waals surface area contributed by atoms with E-state index in [2.05, 4.69) is 6.07 Å². The highest BCUT2D eigenvalue weighted by Crippen LogP contribution is 2.46. The molecule has 0 unspecified atom stereocenters. The van der Waals surface area contributed by atoms with Crippen LogP contribution < -0.4 is 9.64 Å². The third kappa shape index (κ3) is 3.47. The zero-order valence-electron chi connectivity index (χ0n) is 19.4. The molecule has 1 amide bonds. The van der Waals surface area contributed by atoms with Gasteiger partial charge in [0.15, 0.2) is 5.13 Å². The van der Waals surface area contributed by atoms with E-state index < -0.39 is 17.7 Å². The summed E-state index contributed by atoms with van der Waals surface area (Å²) in [6, 6.07) is 12.5. The molecule has 0 radical (unpaired) electrons. The van der Waals surface area contributed by atoms with Crippen LogP contribution in [0.2, 0.25) is 0 Å². The Balaban J connectivity index is 1.52. The number of aliphatic hydroxyl groups is 1. The van der Waals surface area contributed by atoms with E-state index >= 15 is 0 Å². The largest absolute Gasteiger partial charge is 0.507 e. The number of carbonyl (C=O) groups is 2. The maximum absolute atomic E-state index is 13.4. The number of hydrogen-bond acceptors (Lipinski definition) is 7. The number of aryl methyl sites for hydroxylation is 2. The van der Waals surface area contributed by atoms with Gasteiger partial charge in [0.25, 0.3) is 5.78 Å². The lowest BCUT2D eigenvalue weighted by Gasteiger charge is -2.21. The second-order valence-corrected chi connectivity index (χ2v) is 11.1. The van der Waals surface area contributed by atoms with Gasteiger partial charge in [0.05, 0.1) is 15.8 Å². The van der Waals surface area contributed by atoms with E-state index in [0.717, 1.165) is 44.0 Å². The molecule has 35 heavy (non-hydrogen) atoms. The zero-order chi connectivity index (χ0) is 24.4. The highest BCUT2D eigenvalue weighted by atomic mass is 32.1. The van der Waals surface area contributed by atoms with Crippen LogP contribution in [0.1, 0.15) is 40.1 Å². The van der Waals surface area contributed by atoms with Gasteiger partial charge in [-0.1, -0.05) is 23.5 Å². The summed E-state index contributed by atoms with van der Waals surface area (Å²) in [6.07, 6.45) is 0.786. The number of rotatable bonds is 3. The van der Waals surface area contributed by atoms with Gasteiger partial charge in [-0.25, -0.2) is 4.98 Å². The Kier molecular flexibility index (Phi) is 5.05. The zero-order valence-corrected chi connectivity index (χ0v) is 21.0. The average molecular weight is 503 g/mol. The number of aliphatic hydroxyl groups excluding tert-OH is 1. The molecule has 2 aliphatic rings. The van der Waals surface area contributed by atoms with Crippen LogP contribution in [0.15, 0.2) is 53.4 Å². The van der Waals surface area contributed by atoms with Gasteiger partial charge in [0, 0.05) is 16.9 Å². The molecule has 2 aromatic heterocycles. The summed E-state index contributed by atoms with van der Waals surface area (Å²) in [4.78, 5) is 33.8. The summed E-state index contributed by atoms with van der Waals surface area (Å²) in [7, 11) is 0. The Bertz CT molecular complexity index is 1550. The van der Waals surface area contributed by atoms with Crippen molar-refractivity contribution in [3.63, 3.8) is 0 Å². The first-order valence-electron chi connectivity index (χ1n) is 11.3. The number of nitrogens with zero attached hydrogens (tertiary/aromatic N) is 2. The lowest BCUT2D eigenvalue weighted by molar-refractivity contribution is -0.132. The van der Waals surface area contributed by atoms with Gasteiger partial charge in [0.1, 0.15) is 23.7 Å². The van der Waals surface area contributed by atoms with Crippen LogP contribution in [0, 0.1) is 13.8 Å². The molecule has 2 aromatic carbocycles. The van der Waals surface area contributed by atoms with E-state index in [-0.39, 0.29) is 17.4 Å². The van der Waals surface area contributed by atoms with E-state index in [0.29, 0.717) is 10.7 Å². The summed E-state index contributed by atoms with van der Waals surface area (Å²) < 4.78 is 6.73. The van der Waals surface area contributed by atoms with Crippen molar-refractivity contribution in [2.45, 2.75) is 39.3 Å². The maximum Gasteiger partial charge on any atom is 0.301 e. The van der Waals surface area contributed by atoms with E-state index in [1.54, 1.807) is 6.07 Å². The molecule has 0 saturated carbocycles. The second-order valence-electron chi connectivity index (χ2n) is 9.06. The first-order chi connectivity index (χ1) is 16.8. The molecule has 2 aliphatic heterocycles. The summed E-state index contributed by atoms with van der Waals surface area (Å²) >= 11 is 2.82. The Morgan fingerprint density at radius 1 is 1.17 bits per heavy atom. The van der Waals surface area contributed by atoms with Crippen molar-refractivity contribution in [2.75, 3.05) is 4.90 Å². The van der Waals surface area contributed by atoms with Crippen molar-refractivity contribution < 1.29 is 19.4 Å². The van der Waals surface area contributed by atoms with Gasteiger partial charge in [-0.2, -0.15) is 0 Å². The maximum atomic E-state index is 13.4. The van der Waals surface area contributed by atoms with Gasteiger partial charge < -0.3 is 9.84 Å². The number of thiophene rings is 1. The van der Waals surface area contributed by atoms with Gasteiger partial charge in [0.2, 0.25) is 0 Å². The molecular formula is C27H22N2O4S2. The fraction of sp³-hybridized carbons (Fsp3) is 0.222. The average Bonchev–Trinajstić information content (AvgIpc) is 3.59. The van der Waals surface area contributed by atoms with Crippen LogP contribution in [0.25, 0.3) is 16.0 Å². The number of carbonyl (C=O) groups excluding carboxylic acids is 2. The van der Waals surface area contributed by atoms with Crippen molar-refractivity contribution in [3.8, 4) is 5.75 Å². The third-order valence-electron chi connectivity index (χ3n) is 6.45. The van der Waals surface area contributed by atoms with E-state index in [1.165, 1.54) is 27.6 Å². The Labute approximate surface area is 210 Å². The molecule has 1 saturated heterocycles. The van der Waals surface area contributed by atoms with Crippen LogP contribution in [0.4, 0.5) is 5.13 Å². The summed E-state index contributed by atoms with van der Waals surface area (Å²) in [5.41, 5.74) is 4.49. The number of hydrogen-bond donors (Lipinski definition) is 1. The fourth-order valence-corrected chi connectivity index (χ4v) is 6.92. The predicted octanol–water partition coefficient (Wildman–Crippen LogP) is 5.92. The first kappa shape index (κ1) is 22.0. The normalized spacial score (nSPS) is 21.1. The van der Waals surface area contributed by atoms with Crippen LogP contribution in [-0.2, 0) is 16.0 Å². The molecule has 6 nitrogen and oxygen atoms in total. The second kappa shape index (κ2) is 8.03. The van der Waals surface area contributed by atoms with Crippen LogP contribution in [-0.4, -0.2) is 27.9 Å². The van der Waals surface area contributed by atoms with Gasteiger partial charge in [-0.15, -0.1) is 11.3 Å². The predicted molar refractivity (Wildman–Crippen MR) is 138 cm³/mol. The molecule has 1 N–H and O–H groups in total. The minimum Gasteiger partial charge on any atom is -0.507 e. The number of anilines is 1. The number of ether oxygens (including phenoxy) is 1.